The molecule has 0 bridgehead atoms. The highest BCUT2D eigenvalue weighted by atomic mass is 16.3. The van der Waals surface area contributed by atoms with Crippen molar-refractivity contribution < 1.29 is 9.90 Å². The van der Waals surface area contributed by atoms with Crippen molar-refractivity contribution in [2.45, 2.75) is 31.3 Å². The second kappa shape index (κ2) is 7.97. The van der Waals surface area contributed by atoms with Crippen LogP contribution < -0.4 is 10.6 Å². The summed E-state index contributed by atoms with van der Waals surface area (Å²) in [7, 11) is 0. The molecule has 0 aromatic heterocycles. The first-order valence-electron chi connectivity index (χ1n) is 8.55. The summed E-state index contributed by atoms with van der Waals surface area (Å²) in [5, 5.41) is 15.4. The first-order chi connectivity index (χ1) is 11.8. The first-order valence-corrected chi connectivity index (χ1v) is 8.55. The summed E-state index contributed by atoms with van der Waals surface area (Å²) in [6, 6.07) is 19.6. The molecule has 0 spiro atoms. The fraction of sp³-hybridized carbons (Fsp3) is 0.350. The van der Waals surface area contributed by atoms with E-state index >= 15 is 0 Å². The molecule has 1 aliphatic carbocycles. The smallest absolute Gasteiger partial charge is 0.315 e. The van der Waals surface area contributed by atoms with Gasteiger partial charge in [-0.25, -0.2) is 4.79 Å². The minimum absolute atomic E-state index is 0.0323. The normalized spacial score (nSPS) is 16.2. The monoisotopic (exact) mass is 324 g/mol. The molecule has 0 heterocycles. The fourth-order valence-electron chi connectivity index (χ4n) is 3.04. The van der Waals surface area contributed by atoms with Crippen LogP contribution in [0.5, 0.6) is 0 Å². The van der Waals surface area contributed by atoms with Gasteiger partial charge in [-0.15, -0.1) is 0 Å². The lowest BCUT2D eigenvalue weighted by atomic mass is 10.0. The second-order valence-corrected chi connectivity index (χ2v) is 6.32. The van der Waals surface area contributed by atoms with E-state index < -0.39 is 0 Å². The van der Waals surface area contributed by atoms with E-state index in [1.807, 2.05) is 48.5 Å². The van der Waals surface area contributed by atoms with Crippen molar-refractivity contribution in [3.05, 3.63) is 71.8 Å². The van der Waals surface area contributed by atoms with Gasteiger partial charge in [-0.05, 0) is 36.3 Å². The number of nitrogens with one attached hydrogen (secondary N) is 2. The lowest BCUT2D eigenvalue weighted by molar-refractivity contribution is 0.224. The Morgan fingerprint density at radius 2 is 1.54 bits per heavy atom. The van der Waals surface area contributed by atoms with Crippen molar-refractivity contribution in [3.63, 3.8) is 0 Å². The number of carbonyl (C=O) groups is 1. The molecule has 1 aliphatic rings. The van der Waals surface area contributed by atoms with Gasteiger partial charge in [0.15, 0.2) is 0 Å². The summed E-state index contributed by atoms with van der Waals surface area (Å²) in [5.74, 6) is 0.520. The third-order valence-electron chi connectivity index (χ3n) is 4.46. The number of aliphatic hydroxyl groups is 1. The van der Waals surface area contributed by atoms with Gasteiger partial charge in [0.05, 0.1) is 12.1 Å². The molecule has 4 heteroatoms. The van der Waals surface area contributed by atoms with Gasteiger partial charge in [0.2, 0.25) is 0 Å². The predicted octanol–water partition coefficient (Wildman–Crippen LogP) is 3.56. The van der Waals surface area contributed by atoms with Crippen LogP contribution >= 0.6 is 0 Å². The molecule has 1 fully saturated rings. The zero-order chi connectivity index (χ0) is 16.8. The van der Waals surface area contributed by atoms with Gasteiger partial charge in [0, 0.05) is 6.61 Å². The Balaban J connectivity index is 1.66. The molecule has 3 N–H and O–H groups in total. The number of carbonyl (C=O) groups excluding carboxylic acids is 1. The van der Waals surface area contributed by atoms with Crippen LogP contribution in [0, 0.1) is 5.92 Å². The minimum Gasteiger partial charge on any atom is -0.396 e. The largest absolute Gasteiger partial charge is 0.396 e. The van der Waals surface area contributed by atoms with Crippen LogP contribution in [0.2, 0.25) is 0 Å². The van der Waals surface area contributed by atoms with Gasteiger partial charge in [0.1, 0.15) is 0 Å². The second-order valence-electron chi connectivity index (χ2n) is 6.32. The molecule has 0 radical (unpaired) electrons. The van der Waals surface area contributed by atoms with Crippen molar-refractivity contribution in [2.75, 3.05) is 6.61 Å². The molecule has 126 valence electrons. The summed E-state index contributed by atoms with van der Waals surface area (Å²) in [6.45, 7) is 0.0323. The molecule has 2 aromatic rings. The van der Waals surface area contributed by atoms with E-state index in [0.717, 1.165) is 24.0 Å². The molecular formula is C20H24N2O2. The Bertz CT molecular complexity index is 641. The van der Waals surface area contributed by atoms with E-state index in [9.17, 15) is 9.90 Å². The third kappa shape index (κ3) is 4.36. The molecule has 4 nitrogen and oxygen atoms in total. The van der Waals surface area contributed by atoms with Gasteiger partial charge in [-0.3, -0.25) is 0 Å². The summed E-state index contributed by atoms with van der Waals surface area (Å²) in [6.07, 6.45) is 2.80. The Hall–Kier alpha value is -2.33. The zero-order valence-electron chi connectivity index (χ0n) is 13.7. The van der Waals surface area contributed by atoms with Gasteiger partial charge in [-0.2, -0.15) is 0 Å². The fourth-order valence-corrected chi connectivity index (χ4v) is 3.04. The van der Waals surface area contributed by atoms with Crippen molar-refractivity contribution >= 4 is 6.03 Å². The molecule has 3 rings (SSSR count). The van der Waals surface area contributed by atoms with Crippen LogP contribution in [0.4, 0.5) is 4.79 Å². The van der Waals surface area contributed by atoms with Crippen LogP contribution in [0.3, 0.4) is 0 Å². The van der Waals surface area contributed by atoms with Crippen LogP contribution in [-0.2, 0) is 0 Å². The highest BCUT2D eigenvalue weighted by Crippen LogP contribution is 2.40. The number of urea groups is 1. The lowest BCUT2D eigenvalue weighted by Crippen LogP contribution is -2.40. The molecule has 2 amide bonds. The number of hydrogen-bond acceptors (Lipinski definition) is 2. The minimum atomic E-state index is -0.188. The number of aliphatic hydroxyl groups excluding tert-OH is 1. The molecule has 1 unspecified atom stereocenters. The van der Waals surface area contributed by atoms with Crippen LogP contribution in [0.1, 0.15) is 42.5 Å². The van der Waals surface area contributed by atoms with E-state index in [2.05, 4.69) is 22.8 Å². The Kier molecular flexibility index (Phi) is 5.49. The summed E-state index contributed by atoms with van der Waals surface area (Å²) >= 11 is 0. The van der Waals surface area contributed by atoms with Crippen molar-refractivity contribution in [2.24, 2.45) is 5.92 Å². The maximum absolute atomic E-state index is 12.5. The van der Waals surface area contributed by atoms with Crippen LogP contribution in [0.15, 0.2) is 60.7 Å². The highest BCUT2D eigenvalue weighted by molar-refractivity contribution is 5.75. The first kappa shape index (κ1) is 16.5. The molecule has 2 aromatic carbocycles. The van der Waals surface area contributed by atoms with Gasteiger partial charge in [0.25, 0.3) is 0 Å². The number of amides is 2. The van der Waals surface area contributed by atoms with Crippen LogP contribution in [0.25, 0.3) is 0 Å². The SMILES string of the molecule is O=C(NC(c1ccccc1)C1CC1)N[C@H](CCO)c1ccccc1. The maximum atomic E-state index is 12.5. The number of hydrogen-bond donors (Lipinski definition) is 3. The van der Waals surface area contributed by atoms with Gasteiger partial charge >= 0.3 is 6.03 Å². The molecule has 2 atom stereocenters. The lowest BCUT2D eigenvalue weighted by Gasteiger charge is -2.23. The quantitative estimate of drug-likeness (QED) is 0.729. The van der Waals surface area contributed by atoms with Crippen molar-refractivity contribution in [1.29, 1.82) is 0 Å². The van der Waals surface area contributed by atoms with Crippen LogP contribution in [-0.4, -0.2) is 17.7 Å². The summed E-state index contributed by atoms with van der Waals surface area (Å²) in [5.41, 5.74) is 2.15. The van der Waals surface area contributed by atoms with E-state index in [0.29, 0.717) is 12.3 Å². The molecule has 1 saturated carbocycles. The Morgan fingerprint density at radius 3 is 2.08 bits per heavy atom. The number of rotatable bonds is 7. The van der Waals surface area contributed by atoms with Crippen molar-refractivity contribution in [3.8, 4) is 0 Å². The van der Waals surface area contributed by atoms with E-state index in [1.54, 1.807) is 0 Å². The Morgan fingerprint density at radius 1 is 0.958 bits per heavy atom. The van der Waals surface area contributed by atoms with E-state index in [-0.39, 0.29) is 24.7 Å². The average Bonchev–Trinajstić information content (AvgIpc) is 3.46. The molecule has 24 heavy (non-hydrogen) atoms. The van der Waals surface area contributed by atoms with E-state index in [4.69, 9.17) is 0 Å². The number of benzene rings is 2. The summed E-state index contributed by atoms with van der Waals surface area (Å²) in [4.78, 5) is 12.5. The van der Waals surface area contributed by atoms with Gasteiger partial charge in [-0.1, -0.05) is 60.7 Å². The topological polar surface area (TPSA) is 61.4 Å². The van der Waals surface area contributed by atoms with Gasteiger partial charge < -0.3 is 15.7 Å². The molecule has 0 saturated heterocycles. The molecule has 0 aliphatic heterocycles. The highest BCUT2D eigenvalue weighted by Gasteiger charge is 2.33. The predicted molar refractivity (Wildman–Crippen MR) is 94.5 cm³/mol. The Labute approximate surface area is 142 Å². The summed E-state index contributed by atoms with van der Waals surface area (Å²) < 4.78 is 0. The third-order valence-corrected chi connectivity index (χ3v) is 4.46. The maximum Gasteiger partial charge on any atom is 0.315 e. The van der Waals surface area contributed by atoms with Crippen molar-refractivity contribution in [1.82, 2.24) is 10.6 Å². The molecular weight excluding hydrogens is 300 g/mol. The zero-order valence-corrected chi connectivity index (χ0v) is 13.7. The average molecular weight is 324 g/mol. The standard InChI is InChI=1S/C20H24N2O2/c23-14-13-18(15-7-3-1-4-8-15)21-20(24)22-19(17-11-12-17)16-9-5-2-6-10-16/h1-10,17-19,23H,11-14H2,(H2,21,22,24)/t18-,19?/m1/s1. The van der Waals surface area contributed by atoms with E-state index in [1.165, 1.54) is 0 Å².